The summed E-state index contributed by atoms with van der Waals surface area (Å²) < 4.78 is 59.2. The lowest BCUT2D eigenvalue weighted by Crippen LogP contribution is -2.52. The van der Waals surface area contributed by atoms with Gasteiger partial charge in [-0.2, -0.15) is 22.8 Å². The lowest BCUT2D eigenvalue weighted by Gasteiger charge is -2.32. The zero-order chi connectivity index (χ0) is 13.6. The molecule has 96 valence electrons. The van der Waals surface area contributed by atoms with Gasteiger partial charge >= 0.3 is 12.2 Å². The normalized spacial score (nSPS) is 19.1. The van der Waals surface area contributed by atoms with Crippen LogP contribution in [0.25, 0.3) is 0 Å². The zero-order valence-electron chi connectivity index (χ0n) is 8.52. The van der Waals surface area contributed by atoms with Crippen molar-refractivity contribution < 1.29 is 27.0 Å². The largest absolute Gasteiger partial charge is 0.507 e. The molecule has 0 spiro atoms. The first-order valence-electron chi connectivity index (χ1n) is 4.60. The number of hydrogen-bond donors (Lipinski definition) is 0. The lowest BCUT2D eigenvalue weighted by molar-refractivity contribution is -0.391. The van der Waals surface area contributed by atoms with Crippen LogP contribution in [-0.2, 0) is 6.42 Å². The van der Waals surface area contributed by atoms with Gasteiger partial charge in [-0.3, -0.25) is 0 Å². The summed E-state index contributed by atoms with van der Waals surface area (Å²) in [4.78, 5) is 0. The number of fused-ring (bicyclic) bond motifs is 1. The summed E-state index contributed by atoms with van der Waals surface area (Å²) in [6.45, 7) is 0. The molecule has 1 aromatic carbocycles. The third-order valence-electron chi connectivity index (χ3n) is 2.20. The number of rotatable bonds is 1. The molecule has 2 rings (SSSR count). The summed E-state index contributed by atoms with van der Waals surface area (Å²) >= 11 is 5.69. The maximum absolute atomic E-state index is 12.9. The first-order valence-corrected chi connectivity index (χ1v) is 4.97. The van der Waals surface area contributed by atoms with E-state index in [1.165, 1.54) is 0 Å². The highest BCUT2D eigenvalue weighted by Gasteiger charge is 2.66. The third-order valence-corrected chi connectivity index (χ3v) is 2.55. The van der Waals surface area contributed by atoms with Gasteiger partial charge < -0.3 is 9.47 Å². The molecule has 18 heavy (non-hydrogen) atoms. The number of halogens is 5. The topological polar surface area (TPSA) is 42.2 Å². The summed E-state index contributed by atoms with van der Waals surface area (Å²) in [5, 5.41) is 8.44. The Morgan fingerprint density at radius 3 is 2.11 bits per heavy atom. The zero-order valence-corrected chi connectivity index (χ0v) is 9.27. The van der Waals surface area contributed by atoms with Gasteiger partial charge in [-0.1, -0.05) is 11.6 Å². The first-order chi connectivity index (χ1) is 8.27. The monoisotopic (exact) mass is 281 g/mol. The van der Waals surface area contributed by atoms with Crippen LogP contribution < -0.4 is 9.47 Å². The van der Waals surface area contributed by atoms with E-state index in [1.54, 1.807) is 6.07 Å². The molecule has 1 aliphatic heterocycles. The quantitative estimate of drug-likeness (QED) is 0.741. The molecule has 0 fully saturated rings. The molecule has 0 amide bonds. The molecule has 0 N–H and O–H groups in total. The van der Waals surface area contributed by atoms with Gasteiger partial charge in [-0.05, 0) is 11.6 Å². The van der Waals surface area contributed by atoms with Gasteiger partial charge in [0.1, 0.15) is 0 Å². The van der Waals surface area contributed by atoms with Crippen molar-refractivity contribution in [1.29, 1.82) is 5.26 Å². The molecule has 0 unspecified atom stereocenters. The predicted molar refractivity (Wildman–Crippen MR) is 51.9 cm³/mol. The van der Waals surface area contributed by atoms with Crippen LogP contribution in [0.5, 0.6) is 11.5 Å². The van der Waals surface area contributed by atoms with Gasteiger partial charge in [-0.25, -0.2) is 0 Å². The van der Waals surface area contributed by atoms with Crippen molar-refractivity contribution in [2.45, 2.75) is 18.6 Å². The number of nitriles is 1. The average Bonchev–Trinajstić information content (AvgIpc) is 2.22. The van der Waals surface area contributed by atoms with Crippen molar-refractivity contribution in [3.63, 3.8) is 0 Å². The van der Waals surface area contributed by atoms with E-state index in [2.05, 4.69) is 9.47 Å². The van der Waals surface area contributed by atoms with E-state index in [1.807, 2.05) is 0 Å². The number of alkyl halides is 4. The molecule has 0 radical (unpaired) electrons. The molecule has 0 bridgehead atoms. The second-order valence-corrected chi connectivity index (χ2v) is 3.87. The van der Waals surface area contributed by atoms with E-state index in [0.29, 0.717) is 0 Å². The van der Waals surface area contributed by atoms with E-state index in [9.17, 15) is 17.6 Å². The molecule has 1 aromatic rings. The smallest absolute Gasteiger partial charge is 0.421 e. The SMILES string of the molecule is N#CCc1cc2c(cc1Cl)OC(F)(F)C(F)(F)O2. The Kier molecular flexibility index (Phi) is 2.78. The minimum Gasteiger partial charge on any atom is -0.421 e. The van der Waals surface area contributed by atoms with Crippen LogP contribution in [0.2, 0.25) is 5.02 Å². The van der Waals surface area contributed by atoms with Gasteiger partial charge in [-0.15, -0.1) is 0 Å². The fraction of sp³-hybridized carbons (Fsp3) is 0.300. The van der Waals surface area contributed by atoms with Crippen LogP contribution in [0.1, 0.15) is 5.56 Å². The van der Waals surface area contributed by atoms with Crippen LogP contribution in [0.3, 0.4) is 0 Å². The Balaban J connectivity index is 2.48. The van der Waals surface area contributed by atoms with E-state index < -0.39 is 23.7 Å². The maximum Gasteiger partial charge on any atom is 0.507 e. The van der Waals surface area contributed by atoms with Gasteiger partial charge in [0, 0.05) is 11.1 Å². The van der Waals surface area contributed by atoms with Crippen molar-refractivity contribution in [3.8, 4) is 17.6 Å². The molecular weight excluding hydrogens is 278 g/mol. The minimum absolute atomic E-state index is 0.0417. The molecule has 0 saturated heterocycles. The third kappa shape index (κ3) is 1.93. The van der Waals surface area contributed by atoms with Crippen LogP contribution in [0.4, 0.5) is 17.6 Å². The summed E-state index contributed by atoms with van der Waals surface area (Å²) in [7, 11) is 0. The molecule has 0 atom stereocenters. The summed E-state index contributed by atoms with van der Waals surface area (Å²) in [6.07, 6.45) is -9.73. The number of benzene rings is 1. The van der Waals surface area contributed by atoms with Gasteiger partial charge in [0.15, 0.2) is 11.5 Å². The Morgan fingerprint density at radius 2 is 1.61 bits per heavy atom. The minimum atomic E-state index is -4.78. The van der Waals surface area contributed by atoms with Crippen LogP contribution in [0, 0.1) is 11.3 Å². The molecule has 0 saturated carbocycles. The fourth-order valence-electron chi connectivity index (χ4n) is 1.35. The van der Waals surface area contributed by atoms with E-state index in [-0.39, 0.29) is 17.0 Å². The Bertz CT molecular complexity index is 541. The fourth-order valence-corrected chi connectivity index (χ4v) is 1.57. The maximum atomic E-state index is 12.9. The second-order valence-electron chi connectivity index (χ2n) is 3.46. The van der Waals surface area contributed by atoms with Crippen LogP contribution in [-0.4, -0.2) is 12.2 Å². The Morgan fingerprint density at radius 1 is 1.11 bits per heavy atom. The average molecular weight is 282 g/mol. The van der Waals surface area contributed by atoms with E-state index in [0.717, 1.165) is 12.1 Å². The highest BCUT2D eigenvalue weighted by molar-refractivity contribution is 6.31. The van der Waals surface area contributed by atoms with Crippen LogP contribution >= 0.6 is 11.6 Å². The van der Waals surface area contributed by atoms with E-state index >= 15 is 0 Å². The summed E-state index contributed by atoms with van der Waals surface area (Å²) in [5.41, 5.74) is 0.183. The molecule has 1 heterocycles. The predicted octanol–water partition coefficient (Wildman–Crippen LogP) is 3.36. The highest BCUT2D eigenvalue weighted by atomic mass is 35.5. The van der Waals surface area contributed by atoms with Crippen LogP contribution in [0.15, 0.2) is 12.1 Å². The first kappa shape index (κ1) is 12.8. The van der Waals surface area contributed by atoms with Crippen molar-refractivity contribution in [1.82, 2.24) is 0 Å². The van der Waals surface area contributed by atoms with Crippen molar-refractivity contribution >= 4 is 11.6 Å². The number of hydrogen-bond acceptors (Lipinski definition) is 3. The lowest BCUT2D eigenvalue weighted by atomic mass is 10.1. The molecular formula is C10H4ClF4NO2. The summed E-state index contributed by atoms with van der Waals surface area (Å²) in [5.74, 6) is -1.18. The Hall–Kier alpha value is -1.68. The van der Waals surface area contributed by atoms with Gasteiger partial charge in [0.05, 0.1) is 12.5 Å². The van der Waals surface area contributed by atoms with E-state index in [4.69, 9.17) is 16.9 Å². The summed E-state index contributed by atoms with van der Waals surface area (Å²) in [6, 6.07) is 3.64. The molecule has 0 aromatic heterocycles. The van der Waals surface area contributed by atoms with Gasteiger partial charge in [0.2, 0.25) is 0 Å². The number of nitrogens with zero attached hydrogens (tertiary/aromatic N) is 1. The van der Waals surface area contributed by atoms with Crippen molar-refractivity contribution in [2.24, 2.45) is 0 Å². The molecule has 1 aliphatic rings. The van der Waals surface area contributed by atoms with Crippen molar-refractivity contribution in [2.75, 3.05) is 0 Å². The molecule has 8 heteroatoms. The highest BCUT2D eigenvalue weighted by Crippen LogP contribution is 2.48. The molecule has 3 nitrogen and oxygen atoms in total. The Labute approximate surface area is 103 Å². The standard InChI is InChI=1S/C10H4ClF4NO2/c11-6-4-8-7(3-5(6)1-2-16)17-9(12,13)10(14,15)18-8/h3-4H,1H2. The molecule has 0 aliphatic carbocycles. The van der Waals surface area contributed by atoms with Crippen molar-refractivity contribution in [3.05, 3.63) is 22.7 Å². The number of ether oxygens (including phenoxy) is 2. The second kappa shape index (κ2) is 3.92. The van der Waals surface area contributed by atoms with Gasteiger partial charge in [0.25, 0.3) is 0 Å².